The van der Waals surface area contributed by atoms with Crippen LogP contribution in [0.5, 0.6) is 0 Å². The largest absolute Gasteiger partial charge is 0.368 e. The van der Waals surface area contributed by atoms with E-state index in [1.54, 1.807) is 0 Å². The summed E-state index contributed by atoms with van der Waals surface area (Å²) in [6, 6.07) is 8.53. The first-order valence-electron chi connectivity index (χ1n) is 6.09. The minimum Gasteiger partial charge on any atom is -0.368 e. The van der Waals surface area contributed by atoms with Crippen molar-refractivity contribution in [2.75, 3.05) is 17.2 Å². The van der Waals surface area contributed by atoms with Crippen LogP contribution in [0.2, 0.25) is 0 Å². The first kappa shape index (κ1) is 11.0. The fraction of sp³-hybridized carbons (Fsp3) is 0.308. The molecule has 3 rings (SSSR count). The van der Waals surface area contributed by atoms with Crippen molar-refractivity contribution in [1.29, 1.82) is 0 Å². The average molecular weight is 241 g/mol. The highest BCUT2D eigenvalue weighted by molar-refractivity contribution is 5.38. The van der Waals surface area contributed by atoms with E-state index in [0.29, 0.717) is 5.95 Å². The summed E-state index contributed by atoms with van der Waals surface area (Å²) in [4.78, 5) is 14.4. The Morgan fingerprint density at radius 1 is 1.11 bits per heavy atom. The number of benzene rings is 1. The molecule has 5 heteroatoms. The van der Waals surface area contributed by atoms with Crippen molar-refractivity contribution >= 4 is 11.9 Å². The van der Waals surface area contributed by atoms with Crippen LogP contribution in [-0.2, 0) is 13.0 Å². The van der Waals surface area contributed by atoms with Crippen molar-refractivity contribution in [1.82, 2.24) is 15.0 Å². The van der Waals surface area contributed by atoms with E-state index in [9.17, 15) is 0 Å². The monoisotopic (exact) mass is 241 g/mol. The molecule has 1 aliphatic rings. The summed E-state index contributed by atoms with van der Waals surface area (Å²) < 4.78 is 0. The Balaban J connectivity index is 1.91. The zero-order valence-corrected chi connectivity index (χ0v) is 10.1. The van der Waals surface area contributed by atoms with Gasteiger partial charge in [-0.2, -0.15) is 4.98 Å². The lowest BCUT2D eigenvalue weighted by Crippen LogP contribution is -2.25. The van der Waals surface area contributed by atoms with Gasteiger partial charge in [-0.15, -0.1) is 0 Å². The minimum atomic E-state index is 0.275. The Labute approximate surface area is 106 Å². The predicted molar refractivity (Wildman–Crippen MR) is 70.1 cm³/mol. The molecule has 2 N–H and O–H groups in total. The Bertz CT molecular complexity index is 555. The van der Waals surface area contributed by atoms with E-state index >= 15 is 0 Å². The highest BCUT2D eigenvalue weighted by atomic mass is 15.3. The van der Waals surface area contributed by atoms with Crippen molar-refractivity contribution in [3.63, 3.8) is 0 Å². The molecule has 0 unspecified atom stereocenters. The van der Waals surface area contributed by atoms with Gasteiger partial charge in [-0.05, 0) is 24.0 Å². The summed E-state index contributed by atoms with van der Waals surface area (Å²) in [6.45, 7) is 1.78. The average Bonchev–Trinajstić information content (AvgIpc) is 2.60. The number of nitrogens with zero attached hydrogens (tertiary/aromatic N) is 4. The van der Waals surface area contributed by atoms with Crippen LogP contribution in [0.25, 0.3) is 0 Å². The highest BCUT2D eigenvalue weighted by Gasteiger charge is 2.16. The van der Waals surface area contributed by atoms with Gasteiger partial charge >= 0.3 is 0 Å². The normalized spacial score (nSPS) is 15.0. The number of aryl methyl sites for hydroxylation is 1. The quantitative estimate of drug-likeness (QED) is 0.817. The number of rotatable bonds is 1. The molecule has 0 atom stereocenters. The lowest BCUT2D eigenvalue weighted by Gasteiger charge is -2.20. The Morgan fingerprint density at radius 3 is 2.78 bits per heavy atom. The van der Waals surface area contributed by atoms with E-state index in [4.69, 9.17) is 5.73 Å². The molecule has 1 aromatic carbocycles. The molecular formula is C13H15N5. The molecule has 1 aliphatic heterocycles. The van der Waals surface area contributed by atoms with Gasteiger partial charge in [0.1, 0.15) is 6.33 Å². The van der Waals surface area contributed by atoms with Gasteiger partial charge in [-0.1, -0.05) is 24.3 Å². The summed E-state index contributed by atoms with van der Waals surface area (Å²) in [6.07, 6.45) is 3.67. The molecule has 5 nitrogen and oxygen atoms in total. The second kappa shape index (κ2) is 4.60. The number of nitrogens with two attached hydrogens (primary N) is 1. The third-order valence-electron chi connectivity index (χ3n) is 3.21. The van der Waals surface area contributed by atoms with E-state index in [-0.39, 0.29) is 5.95 Å². The molecule has 0 aliphatic carbocycles. The van der Waals surface area contributed by atoms with Gasteiger partial charge in [0.05, 0.1) is 0 Å². The maximum Gasteiger partial charge on any atom is 0.230 e. The summed E-state index contributed by atoms with van der Waals surface area (Å²) in [5.74, 6) is 0.941. The molecule has 0 saturated heterocycles. The summed E-state index contributed by atoms with van der Waals surface area (Å²) in [5, 5.41) is 0. The van der Waals surface area contributed by atoms with E-state index in [0.717, 1.165) is 25.9 Å². The third-order valence-corrected chi connectivity index (χ3v) is 3.21. The third kappa shape index (κ3) is 2.11. The van der Waals surface area contributed by atoms with E-state index in [1.165, 1.54) is 17.5 Å². The van der Waals surface area contributed by atoms with Gasteiger partial charge in [0, 0.05) is 13.1 Å². The van der Waals surface area contributed by atoms with Crippen LogP contribution >= 0.6 is 0 Å². The van der Waals surface area contributed by atoms with Gasteiger partial charge in [-0.3, -0.25) is 0 Å². The molecule has 18 heavy (non-hydrogen) atoms. The number of hydrogen-bond donors (Lipinski definition) is 1. The molecular weight excluding hydrogens is 226 g/mol. The first-order chi connectivity index (χ1) is 8.83. The van der Waals surface area contributed by atoms with Crippen molar-refractivity contribution in [2.45, 2.75) is 19.4 Å². The standard InChI is InChI=1S/C13H15N5/c14-12-15-9-16-13(17-12)18-7-3-6-10-4-1-2-5-11(10)8-18/h1-2,4-5,9H,3,6-8H2,(H2,14,15,16,17). The molecule has 1 aromatic heterocycles. The van der Waals surface area contributed by atoms with Gasteiger partial charge in [0.2, 0.25) is 11.9 Å². The van der Waals surface area contributed by atoms with Crippen LogP contribution in [-0.4, -0.2) is 21.5 Å². The highest BCUT2D eigenvalue weighted by Crippen LogP contribution is 2.21. The summed E-state index contributed by atoms with van der Waals surface area (Å²) in [7, 11) is 0. The molecule has 0 amide bonds. The lowest BCUT2D eigenvalue weighted by molar-refractivity contribution is 0.737. The molecule has 92 valence electrons. The van der Waals surface area contributed by atoms with Crippen LogP contribution in [0.3, 0.4) is 0 Å². The van der Waals surface area contributed by atoms with Gasteiger partial charge in [0.15, 0.2) is 0 Å². The lowest BCUT2D eigenvalue weighted by atomic mass is 10.0. The zero-order chi connectivity index (χ0) is 12.4. The van der Waals surface area contributed by atoms with Crippen LogP contribution in [0.15, 0.2) is 30.6 Å². The Morgan fingerprint density at radius 2 is 1.94 bits per heavy atom. The second-order valence-corrected chi connectivity index (χ2v) is 4.44. The number of anilines is 2. The first-order valence-corrected chi connectivity index (χ1v) is 6.09. The van der Waals surface area contributed by atoms with Crippen LogP contribution < -0.4 is 10.6 Å². The molecule has 2 heterocycles. The molecule has 2 aromatic rings. The predicted octanol–water partition coefficient (Wildman–Crippen LogP) is 1.41. The van der Waals surface area contributed by atoms with Gasteiger partial charge in [-0.25, -0.2) is 9.97 Å². The van der Waals surface area contributed by atoms with Gasteiger partial charge < -0.3 is 10.6 Å². The molecule has 0 fully saturated rings. The van der Waals surface area contributed by atoms with E-state index in [1.807, 2.05) is 0 Å². The number of aromatic nitrogens is 3. The SMILES string of the molecule is Nc1ncnc(N2CCCc3ccccc3C2)n1. The number of nitrogen functional groups attached to an aromatic ring is 1. The zero-order valence-electron chi connectivity index (χ0n) is 10.1. The van der Waals surface area contributed by atoms with Crippen LogP contribution in [0.1, 0.15) is 17.5 Å². The van der Waals surface area contributed by atoms with Crippen molar-refractivity contribution in [2.24, 2.45) is 0 Å². The summed E-state index contributed by atoms with van der Waals surface area (Å²) in [5.41, 5.74) is 8.37. The van der Waals surface area contributed by atoms with Crippen molar-refractivity contribution in [3.05, 3.63) is 41.7 Å². The van der Waals surface area contributed by atoms with E-state index < -0.39 is 0 Å². The van der Waals surface area contributed by atoms with E-state index in [2.05, 4.69) is 44.1 Å². The topological polar surface area (TPSA) is 67.9 Å². The molecule has 0 spiro atoms. The smallest absolute Gasteiger partial charge is 0.230 e. The molecule has 0 radical (unpaired) electrons. The Kier molecular flexibility index (Phi) is 2.80. The second-order valence-electron chi connectivity index (χ2n) is 4.44. The fourth-order valence-corrected chi connectivity index (χ4v) is 2.32. The number of hydrogen-bond acceptors (Lipinski definition) is 5. The van der Waals surface area contributed by atoms with Gasteiger partial charge in [0.25, 0.3) is 0 Å². The van der Waals surface area contributed by atoms with Crippen LogP contribution in [0.4, 0.5) is 11.9 Å². The maximum absolute atomic E-state index is 5.61. The van der Waals surface area contributed by atoms with Crippen molar-refractivity contribution in [3.8, 4) is 0 Å². The maximum atomic E-state index is 5.61. The molecule has 0 saturated carbocycles. The Hall–Kier alpha value is -2.17. The summed E-state index contributed by atoms with van der Waals surface area (Å²) >= 11 is 0. The van der Waals surface area contributed by atoms with Crippen molar-refractivity contribution < 1.29 is 0 Å². The molecule has 0 bridgehead atoms. The van der Waals surface area contributed by atoms with Crippen LogP contribution in [0, 0.1) is 0 Å². The number of fused-ring (bicyclic) bond motifs is 1. The fourth-order valence-electron chi connectivity index (χ4n) is 2.32. The minimum absolute atomic E-state index is 0.275.